The highest BCUT2D eigenvalue weighted by molar-refractivity contribution is 5.78. The molecule has 4 nitrogen and oxygen atoms in total. The van der Waals surface area contributed by atoms with Crippen molar-refractivity contribution in [3.05, 3.63) is 65.2 Å². The maximum atomic E-state index is 13.2. The lowest BCUT2D eigenvalue weighted by atomic mass is 10.1. The summed E-state index contributed by atoms with van der Waals surface area (Å²) in [6.45, 7) is 2.43. The van der Waals surface area contributed by atoms with Crippen molar-refractivity contribution in [1.82, 2.24) is 10.6 Å². The fourth-order valence-electron chi connectivity index (χ4n) is 2.54. The van der Waals surface area contributed by atoms with Crippen molar-refractivity contribution < 1.29 is 18.3 Å². The molecule has 1 aliphatic carbocycles. The maximum Gasteiger partial charge on any atom is 0.258 e. The van der Waals surface area contributed by atoms with Crippen molar-refractivity contribution in [2.75, 3.05) is 6.61 Å². The molecule has 0 bridgehead atoms. The van der Waals surface area contributed by atoms with E-state index >= 15 is 0 Å². The summed E-state index contributed by atoms with van der Waals surface area (Å²) in [6, 6.07) is 11.7. The predicted molar refractivity (Wildman–Crippen MR) is 94.7 cm³/mol. The second kappa shape index (κ2) is 8.27. The van der Waals surface area contributed by atoms with Crippen molar-refractivity contribution in [3.63, 3.8) is 0 Å². The molecule has 0 heterocycles. The molecule has 1 amide bonds. The van der Waals surface area contributed by atoms with Crippen LogP contribution in [0.25, 0.3) is 0 Å². The van der Waals surface area contributed by atoms with Crippen LogP contribution in [0.5, 0.6) is 5.75 Å². The maximum absolute atomic E-state index is 13.2. The molecule has 26 heavy (non-hydrogen) atoms. The smallest absolute Gasteiger partial charge is 0.258 e. The molecule has 1 saturated carbocycles. The number of carbonyl (C=O) groups is 1. The highest BCUT2D eigenvalue weighted by Crippen LogP contribution is 2.20. The van der Waals surface area contributed by atoms with Gasteiger partial charge in [0.25, 0.3) is 5.91 Å². The van der Waals surface area contributed by atoms with E-state index in [1.54, 1.807) is 6.07 Å². The fraction of sp³-hybridized carbons (Fsp3) is 0.350. The third-order valence-electron chi connectivity index (χ3n) is 4.29. The normalized spacial score (nSPS) is 14.7. The Morgan fingerprint density at radius 3 is 2.54 bits per heavy atom. The minimum Gasteiger partial charge on any atom is -0.484 e. The Bertz CT molecular complexity index is 761. The Morgan fingerprint density at radius 2 is 1.88 bits per heavy atom. The molecule has 2 aromatic rings. The molecule has 0 radical (unpaired) electrons. The first-order valence-corrected chi connectivity index (χ1v) is 8.70. The Balaban J connectivity index is 1.47. The molecule has 1 fully saturated rings. The number of rotatable bonds is 8. The van der Waals surface area contributed by atoms with Gasteiger partial charge in [-0.1, -0.05) is 18.2 Å². The quantitative estimate of drug-likeness (QED) is 0.758. The summed E-state index contributed by atoms with van der Waals surface area (Å²) in [7, 11) is 0. The number of carbonyl (C=O) groups excluding carboxylic acids is 1. The third kappa shape index (κ3) is 5.26. The molecule has 0 aromatic heterocycles. The molecule has 0 spiro atoms. The van der Waals surface area contributed by atoms with Gasteiger partial charge in [0.2, 0.25) is 0 Å². The molecule has 0 saturated heterocycles. The van der Waals surface area contributed by atoms with Crippen molar-refractivity contribution in [3.8, 4) is 5.75 Å². The number of halogens is 2. The van der Waals surface area contributed by atoms with E-state index < -0.39 is 11.6 Å². The highest BCUT2D eigenvalue weighted by atomic mass is 19.2. The zero-order valence-electron chi connectivity index (χ0n) is 14.6. The van der Waals surface area contributed by atoms with Gasteiger partial charge in [0.05, 0.1) is 0 Å². The van der Waals surface area contributed by atoms with Gasteiger partial charge in [-0.3, -0.25) is 4.79 Å². The van der Waals surface area contributed by atoms with Crippen molar-refractivity contribution in [2.24, 2.45) is 0 Å². The number of hydrogen-bond donors (Lipinski definition) is 2. The third-order valence-corrected chi connectivity index (χ3v) is 4.29. The van der Waals surface area contributed by atoms with Crippen molar-refractivity contribution in [1.29, 1.82) is 0 Å². The van der Waals surface area contributed by atoms with Crippen LogP contribution in [-0.2, 0) is 11.3 Å². The standard InChI is InChI=1S/C20H22F2N2O2/c1-13(23-11-14-2-9-18(21)19(22)10-14)15-3-7-17(8-4-15)26-12-20(25)24-16-5-6-16/h2-4,7-10,13,16,23H,5-6,11-12H2,1H3,(H,24,25)/t13-/m1/s1. The van der Waals surface area contributed by atoms with Gasteiger partial charge in [0, 0.05) is 18.6 Å². The molecule has 0 aliphatic heterocycles. The Hall–Kier alpha value is -2.47. The minimum atomic E-state index is -0.844. The molecular formula is C20H22F2N2O2. The van der Waals surface area contributed by atoms with Gasteiger partial charge in [-0.25, -0.2) is 8.78 Å². The van der Waals surface area contributed by atoms with Crippen molar-refractivity contribution >= 4 is 5.91 Å². The van der Waals surface area contributed by atoms with Crippen LogP contribution < -0.4 is 15.4 Å². The summed E-state index contributed by atoms with van der Waals surface area (Å²) in [6.07, 6.45) is 2.10. The Morgan fingerprint density at radius 1 is 1.15 bits per heavy atom. The van der Waals surface area contributed by atoms with E-state index in [4.69, 9.17) is 4.74 Å². The highest BCUT2D eigenvalue weighted by Gasteiger charge is 2.23. The van der Waals surface area contributed by atoms with E-state index in [0.29, 0.717) is 23.9 Å². The first-order valence-electron chi connectivity index (χ1n) is 8.70. The summed E-state index contributed by atoms with van der Waals surface area (Å²) < 4.78 is 31.6. The van der Waals surface area contributed by atoms with Crippen LogP contribution in [0.2, 0.25) is 0 Å². The zero-order chi connectivity index (χ0) is 18.5. The number of hydrogen-bond acceptors (Lipinski definition) is 3. The number of nitrogens with one attached hydrogen (secondary N) is 2. The predicted octanol–water partition coefficient (Wildman–Crippen LogP) is 3.47. The molecule has 1 atom stereocenters. The van der Waals surface area contributed by atoms with Crippen LogP contribution in [-0.4, -0.2) is 18.6 Å². The second-order valence-electron chi connectivity index (χ2n) is 6.55. The van der Waals surface area contributed by atoms with E-state index in [2.05, 4.69) is 10.6 Å². The first-order chi connectivity index (χ1) is 12.5. The summed E-state index contributed by atoms with van der Waals surface area (Å²) >= 11 is 0. The minimum absolute atomic E-state index is 0.0137. The van der Waals surface area contributed by atoms with Gasteiger partial charge in [-0.15, -0.1) is 0 Å². The van der Waals surface area contributed by atoms with Gasteiger partial charge in [0.15, 0.2) is 18.2 Å². The van der Waals surface area contributed by atoms with E-state index in [-0.39, 0.29) is 18.6 Å². The van der Waals surface area contributed by atoms with Gasteiger partial charge in [0.1, 0.15) is 5.75 Å². The van der Waals surface area contributed by atoms with E-state index in [1.165, 1.54) is 6.07 Å². The molecule has 2 aromatic carbocycles. The summed E-state index contributed by atoms with van der Waals surface area (Å²) in [4.78, 5) is 11.6. The lowest BCUT2D eigenvalue weighted by Crippen LogP contribution is -2.30. The topological polar surface area (TPSA) is 50.4 Å². The summed E-state index contributed by atoms with van der Waals surface area (Å²) in [5.74, 6) is -1.15. The number of benzene rings is 2. The lowest BCUT2D eigenvalue weighted by Gasteiger charge is -2.15. The number of ether oxygens (including phenoxy) is 1. The van der Waals surface area contributed by atoms with E-state index in [0.717, 1.165) is 24.5 Å². The summed E-state index contributed by atoms with van der Waals surface area (Å²) in [5.41, 5.74) is 1.71. The molecule has 138 valence electrons. The molecule has 1 aliphatic rings. The molecule has 3 rings (SSSR count). The van der Waals surface area contributed by atoms with Crippen LogP contribution >= 0.6 is 0 Å². The second-order valence-corrected chi connectivity index (χ2v) is 6.55. The van der Waals surface area contributed by atoms with Gasteiger partial charge in [-0.05, 0) is 55.2 Å². The van der Waals surface area contributed by atoms with Crippen LogP contribution in [0.1, 0.15) is 36.9 Å². The molecular weight excluding hydrogens is 338 g/mol. The van der Waals surface area contributed by atoms with Crippen LogP contribution in [0.3, 0.4) is 0 Å². The lowest BCUT2D eigenvalue weighted by molar-refractivity contribution is -0.123. The number of amides is 1. The Labute approximate surface area is 151 Å². The zero-order valence-corrected chi connectivity index (χ0v) is 14.6. The van der Waals surface area contributed by atoms with Crippen LogP contribution in [0.15, 0.2) is 42.5 Å². The average Bonchev–Trinajstić information content (AvgIpc) is 3.45. The van der Waals surface area contributed by atoms with E-state index in [1.807, 2.05) is 31.2 Å². The van der Waals surface area contributed by atoms with Crippen molar-refractivity contribution in [2.45, 2.75) is 38.4 Å². The van der Waals surface area contributed by atoms with Gasteiger partial charge in [-0.2, -0.15) is 0 Å². The van der Waals surface area contributed by atoms with Gasteiger partial charge >= 0.3 is 0 Å². The first kappa shape index (κ1) is 18.3. The molecule has 0 unspecified atom stereocenters. The monoisotopic (exact) mass is 360 g/mol. The Kier molecular flexibility index (Phi) is 5.83. The SMILES string of the molecule is C[C@@H](NCc1ccc(F)c(F)c1)c1ccc(OCC(=O)NC2CC2)cc1. The van der Waals surface area contributed by atoms with Crippen LogP contribution in [0, 0.1) is 11.6 Å². The van der Waals surface area contributed by atoms with Gasteiger partial charge < -0.3 is 15.4 Å². The average molecular weight is 360 g/mol. The fourth-order valence-corrected chi connectivity index (χ4v) is 2.54. The largest absolute Gasteiger partial charge is 0.484 e. The molecule has 2 N–H and O–H groups in total. The van der Waals surface area contributed by atoms with E-state index in [9.17, 15) is 13.6 Å². The van der Waals surface area contributed by atoms with Crippen LogP contribution in [0.4, 0.5) is 8.78 Å². The summed E-state index contributed by atoms with van der Waals surface area (Å²) in [5, 5.41) is 6.14. The molecule has 6 heteroatoms.